The highest BCUT2D eigenvalue weighted by Crippen LogP contribution is 2.16. The van der Waals surface area contributed by atoms with Crippen LogP contribution in [0.4, 0.5) is 10.2 Å². The Labute approximate surface area is 138 Å². The number of anilines is 1. The van der Waals surface area contributed by atoms with Gasteiger partial charge in [-0.1, -0.05) is 0 Å². The van der Waals surface area contributed by atoms with Crippen molar-refractivity contribution in [2.75, 3.05) is 11.9 Å². The molecule has 2 heterocycles. The van der Waals surface area contributed by atoms with Gasteiger partial charge in [0.15, 0.2) is 0 Å². The summed E-state index contributed by atoms with van der Waals surface area (Å²) in [7, 11) is 0. The van der Waals surface area contributed by atoms with Gasteiger partial charge >= 0.3 is 0 Å². The van der Waals surface area contributed by atoms with Gasteiger partial charge in [-0.25, -0.2) is 9.37 Å². The van der Waals surface area contributed by atoms with Crippen LogP contribution in [0.25, 0.3) is 10.9 Å². The van der Waals surface area contributed by atoms with Crippen molar-refractivity contribution in [1.82, 2.24) is 15.3 Å². The fourth-order valence-electron chi connectivity index (χ4n) is 2.28. The molecule has 0 fully saturated rings. The van der Waals surface area contributed by atoms with Crippen molar-refractivity contribution >= 4 is 22.6 Å². The fraction of sp³-hybridized carbons (Fsp3) is 0.167. The lowest BCUT2D eigenvalue weighted by molar-refractivity contribution is -0.121. The number of nitrogens with one attached hydrogen (secondary N) is 2. The fourth-order valence-corrected chi connectivity index (χ4v) is 2.28. The van der Waals surface area contributed by atoms with Gasteiger partial charge in [-0.05, 0) is 42.0 Å². The second kappa shape index (κ2) is 7.50. The van der Waals surface area contributed by atoms with Crippen LogP contribution in [0.15, 0.2) is 54.9 Å². The summed E-state index contributed by atoms with van der Waals surface area (Å²) in [5.41, 5.74) is 1.59. The number of hydrogen-bond donors (Lipinski definition) is 2. The van der Waals surface area contributed by atoms with E-state index in [0.717, 1.165) is 10.9 Å². The Bertz CT molecular complexity index is 839. The van der Waals surface area contributed by atoms with Crippen LogP contribution in [0.1, 0.15) is 12.0 Å². The van der Waals surface area contributed by atoms with E-state index >= 15 is 0 Å². The Hall–Kier alpha value is -3.02. The van der Waals surface area contributed by atoms with Gasteiger partial charge in [-0.3, -0.25) is 9.78 Å². The first-order chi connectivity index (χ1) is 11.7. The predicted molar refractivity (Wildman–Crippen MR) is 90.9 cm³/mol. The predicted octanol–water partition coefficient (Wildman–Crippen LogP) is 2.89. The van der Waals surface area contributed by atoms with Crippen LogP contribution in [0.2, 0.25) is 0 Å². The second-order valence-corrected chi connectivity index (χ2v) is 5.34. The second-order valence-electron chi connectivity index (χ2n) is 5.34. The van der Waals surface area contributed by atoms with Crippen LogP contribution >= 0.6 is 0 Å². The summed E-state index contributed by atoms with van der Waals surface area (Å²) < 4.78 is 13.2. The van der Waals surface area contributed by atoms with E-state index in [1.165, 1.54) is 12.1 Å². The van der Waals surface area contributed by atoms with Gasteiger partial charge < -0.3 is 10.6 Å². The van der Waals surface area contributed by atoms with Crippen molar-refractivity contribution < 1.29 is 9.18 Å². The molecular formula is C18H17FN4O. The first-order valence-electron chi connectivity index (χ1n) is 7.66. The maximum atomic E-state index is 13.2. The Morgan fingerprint density at radius 1 is 1.08 bits per heavy atom. The molecule has 1 aromatic carbocycles. The van der Waals surface area contributed by atoms with E-state index in [-0.39, 0.29) is 11.7 Å². The number of aromatic nitrogens is 2. The first kappa shape index (κ1) is 15.9. The van der Waals surface area contributed by atoms with Gasteiger partial charge in [0.1, 0.15) is 11.6 Å². The highest BCUT2D eigenvalue weighted by Gasteiger charge is 2.03. The first-order valence-corrected chi connectivity index (χ1v) is 7.66. The lowest BCUT2D eigenvalue weighted by atomic mass is 10.2. The third-order valence-electron chi connectivity index (χ3n) is 3.55. The Morgan fingerprint density at radius 3 is 2.71 bits per heavy atom. The van der Waals surface area contributed by atoms with E-state index in [1.807, 2.05) is 24.3 Å². The van der Waals surface area contributed by atoms with E-state index in [9.17, 15) is 9.18 Å². The minimum absolute atomic E-state index is 0.0499. The van der Waals surface area contributed by atoms with Gasteiger partial charge in [0, 0.05) is 43.4 Å². The lowest BCUT2D eigenvalue weighted by Crippen LogP contribution is -2.24. The normalized spacial score (nSPS) is 10.5. The molecule has 0 radical (unpaired) electrons. The molecule has 0 spiro atoms. The molecule has 0 aliphatic heterocycles. The van der Waals surface area contributed by atoms with Crippen LogP contribution in [-0.4, -0.2) is 22.4 Å². The zero-order chi connectivity index (χ0) is 16.8. The standard InChI is InChI=1S/C18H17FN4O/c19-15-3-1-14-2-4-17(23-16(14)11-15)21-10-7-18(24)22-12-13-5-8-20-9-6-13/h1-6,8-9,11H,7,10,12H2,(H,21,23)(H,22,24). The number of hydrogen-bond acceptors (Lipinski definition) is 4. The van der Waals surface area contributed by atoms with E-state index in [1.54, 1.807) is 18.5 Å². The zero-order valence-electron chi connectivity index (χ0n) is 13.0. The van der Waals surface area contributed by atoms with Gasteiger partial charge in [-0.2, -0.15) is 0 Å². The SMILES string of the molecule is O=C(CCNc1ccc2ccc(F)cc2n1)NCc1ccncc1. The van der Waals surface area contributed by atoms with Gasteiger partial charge in [0.05, 0.1) is 5.52 Å². The van der Waals surface area contributed by atoms with E-state index < -0.39 is 0 Å². The smallest absolute Gasteiger partial charge is 0.222 e. The van der Waals surface area contributed by atoms with Crippen LogP contribution < -0.4 is 10.6 Å². The molecule has 0 aliphatic rings. The van der Waals surface area contributed by atoms with E-state index in [4.69, 9.17) is 0 Å². The van der Waals surface area contributed by atoms with Crippen LogP contribution in [0.5, 0.6) is 0 Å². The third kappa shape index (κ3) is 4.25. The molecule has 3 rings (SSSR count). The van der Waals surface area contributed by atoms with Crippen molar-refractivity contribution in [1.29, 1.82) is 0 Å². The highest BCUT2D eigenvalue weighted by molar-refractivity contribution is 5.80. The molecule has 2 aromatic heterocycles. The average molecular weight is 324 g/mol. The van der Waals surface area contributed by atoms with Crippen molar-refractivity contribution in [3.63, 3.8) is 0 Å². The summed E-state index contributed by atoms with van der Waals surface area (Å²) in [5, 5.41) is 6.80. The molecular weight excluding hydrogens is 307 g/mol. The minimum atomic E-state index is -0.317. The molecule has 3 aromatic rings. The molecule has 24 heavy (non-hydrogen) atoms. The maximum Gasteiger partial charge on any atom is 0.222 e. The summed E-state index contributed by atoms with van der Waals surface area (Å²) in [6, 6.07) is 11.9. The molecule has 0 unspecified atom stereocenters. The van der Waals surface area contributed by atoms with Crippen LogP contribution in [-0.2, 0) is 11.3 Å². The molecule has 5 nitrogen and oxygen atoms in total. The Kier molecular flexibility index (Phi) is 4.96. The number of carbonyl (C=O) groups is 1. The topological polar surface area (TPSA) is 66.9 Å². The number of amides is 1. The molecule has 6 heteroatoms. The average Bonchev–Trinajstić information content (AvgIpc) is 2.60. The molecule has 0 atom stereocenters. The minimum Gasteiger partial charge on any atom is -0.370 e. The van der Waals surface area contributed by atoms with Crippen LogP contribution in [0, 0.1) is 5.82 Å². The van der Waals surface area contributed by atoms with Gasteiger partial charge in [0.25, 0.3) is 0 Å². The number of rotatable bonds is 6. The lowest BCUT2D eigenvalue weighted by Gasteiger charge is -2.08. The number of benzene rings is 1. The van der Waals surface area contributed by atoms with Crippen molar-refractivity contribution in [3.8, 4) is 0 Å². The van der Waals surface area contributed by atoms with E-state index in [0.29, 0.717) is 30.8 Å². The highest BCUT2D eigenvalue weighted by atomic mass is 19.1. The molecule has 0 saturated heterocycles. The quantitative estimate of drug-likeness (QED) is 0.732. The Balaban J connectivity index is 1.48. The number of carbonyl (C=O) groups excluding carboxylic acids is 1. The summed E-state index contributed by atoms with van der Waals surface area (Å²) in [5.74, 6) is 0.254. The monoisotopic (exact) mass is 324 g/mol. The molecule has 0 saturated carbocycles. The summed E-state index contributed by atoms with van der Waals surface area (Å²) in [6.45, 7) is 0.935. The number of halogens is 1. The van der Waals surface area contributed by atoms with Crippen molar-refractivity contribution in [2.24, 2.45) is 0 Å². The van der Waals surface area contributed by atoms with Crippen molar-refractivity contribution in [3.05, 3.63) is 66.2 Å². The summed E-state index contributed by atoms with van der Waals surface area (Å²) in [4.78, 5) is 20.1. The third-order valence-corrected chi connectivity index (χ3v) is 3.55. The molecule has 122 valence electrons. The Morgan fingerprint density at radius 2 is 1.88 bits per heavy atom. The number of nitrogens with zero attached hydrogens (tertiary/aromatic N) is 2. The molecule has 0 aliphatic carbocycles. The zero-order valence-corrected chi connectivity index (χ0v) is 13.0. The number of pyridine rings is 2. The molecule has 1 amide bonds. The van der Waals surface area contributed by atoms with Crippen LogP contribution in [0.3, 0.4) is 0 Å². The van der Waals surface area contributed by atoms with Crippen molar-refractivity contribution in [2.45, 2.75) is 13.0 Å². The summed E-state index contributed by atoms with van der Waals surface area (Å²) in [6.07, 6.45) is 3.71. The van der Waals surface area contributed by atoms with E-state index in [2.05, 4.69) is 20.6 Å². The maximum absolute atomic E-state index is 13.2. The molecule has 2 N–H and O–H groups in total. The largest absolute Gasteiger partial charge is 0.370 e. The number of fused-ring (bicyclic) bond motifs is 1. The van der Waals surface area contributed by atoms with Gasteiger partial charge in [0.2, 0.25) is 5.91 Å². The summed E-state index contributed by atoms with van der Waals surface area (Å²) >= 11 is 0. The van der Waals surface area contributed by atoms with Gasteiger partial charge in [-0.15, -0.1) is 0 Å². The molecule has 0 bridgehead atoms.